The number of benzene rings is 2. The third-order valence-electron chi connectivity index (χ3n) is 6.05. The van der Waals surface area contributed by atoms with Crippen molar-refractivity contribution >= 4 is 23.0 Å². The van der Waals surface area contributed by atoms with Gasteiger partial charge in [-0.3, -0.25) is 0 Å². The number of aromatic nitrogens is 3. The van der Waals surface area contributed by atoms with Gasteiger partial charge in [0, 0.05) is 24.9 Å². The molecule has 2 aliphatic heterocycles. The first-order chi connectivity index (χ1) is 16.3. The van der Waals surface area contributed by atoms with E-state index in [0.717, 1.165) is 53.7 Å². The highest BCUT2D eigenvalue weighted by molar-refractivity contribution is 8.06. The van der Waals surface area contributed by atoms with Gasteiger partial charge < -0.3 is 14.2 Å². The zero-order valence-corrected chi connectivity index (χ0v) is 19.4. The number of ether oxygens (including phenoxy) is 1. The maximum absolute atomic E-state index is 10.3. The smallest absolute Gasteiger partial charge is 0.177 e. The van der Waals surface area contributed by atoms with Crippen LogP contribution in [0.4, 0.5) is 0 Å². The molecule has 0 radical (unpaired) electrons. The largest absolute Gasteiger partial charge is 0.497 e. The lowest BCUT2D eigenvalue weighted by Crippen LogP contribution is -2.18. The quantitative estimate of drug-likeness (QED) is 0.477. The molecule has 1 aromatic heterocycles. The SMILES string of the molecule is COc1ccc(C2=CSC(=C(C#N)c3nnc4n3CCCCC4)N2Cc2ccccc2)cc1. The van der Waals surface area contributed by atoms with Gasteiger partial charge >= 0.3 is 0 Å². The molecule has 166 valence electrons. The molecule has 0 bridgehead atoms. The Morgan fingerprint density at radius 3 is 2.64 bits per heavy atom. The number of fused-ring (bicyclic) bond motifs is 1. The van der Waals surface area contributed by atoms with Crippen molar-refractivity contribution in [3.8, 4) is 11.8 Å². The minimum Gasteiger partial charge on any atom is -0.497 e. The summed E-state index contributed by atoms with van der Waals surface area (Å²) in [5.41, 5.74) is 3.89. The van der Waals surface area contributed by atoms with Crippen molar-refractivity contribution in [3.63, 3.8) is 0 Å². The van der Waals surface area contributed by atoms with Crippen LogP contribution >= 0.6 is 11.8 Å². The second kappa shape index (κ2) is 9.55. The Morgan fingerprint density at radius 2 is 1.88 bits per heavy atom. The summed E-state index contributed by atoms with van der Waals surface area (Å²) >= 11 is 1.58. The topological polar surface area (TPSA) is 67.0 Å². The van der Waals surface area contributed by atoms with Crippen molar-refractivity contribution in [2.45, 2.75) is 38.8 Å². The van der Waals surface area contributed by atoms with Gasteiger partial charge in [-0.25, -0.2) is 0 Å². The molecule has 0 unspecified atom stereocenters. The summed E-state index contributed by atoms with van der Waals surface area (Å²) in [6, 6.07) is 20.8. The van der Waals surface area contributed by atoms with E-state index in [9.17, 15) is 5.26 Å². The predicted molar refractivity (Wildman–Crippen MR) is 131 cm³/mol. The second-order valence-corrected chi connectivity index (χ2v) is 8.97. The maximum atomic E-state index is 10.3. The fourth-order valence-corrected chi connectivity index (χ4v) is 5.35. The van der Waals surface area contributed by atoms with Crippen molar-refractivity contribution in [2.24, 2.45) is 0 Å². The van der Waals surface area contributed by atoms with E-state index in [1.807, 2.05) is 30.3 Å². The van der Waals surface area contributed by atoms with Crippen molar-refractivity contribution < 1.29 is 4.74 Å². The molecular weight excluding hydrogens is 430 g/mol. The lowest BCUT2D eigenvalue weighted by molar-refractivity contribution is 0.414. The van der Waals surface area contributed by atoms with Crippen LogP contribution in [0, 0.1) is 11.3 Å². The van der Waals surface area contributed by atoms with E-state index >= 15 is 0 Å². The van der Waals surface area contributed by atoms with Crippen LogP contribution < -0.4 is 4.74 Å². The van der Waals surface area contributed by atoms with Gasteiger partial charge in [0.15, 0.2) is 5.82 Å². The Balaban J connectivity index is 1.58. The van der Waals surface area contributed by atoms with Crippen LogP contribution in [0.5, 0.6) is 5.75 Å². The number of nitrogens with zero attached hydrogens (tertiary/aromatic N) is 5. The molecular formula is C26H25N5OS. The van der Waals surface area contributed by atoms with E-state index in [1.165, 1.54) is 12.0 Å². The molecule has 3 aromatic rings. The standard InChI is InChI=1S/C26H25N5OS/c1-32-21-13-11-20(12-14-21)23-18-33-26(31(23)17-19-8-4-2-5-9-19)22(16-27)25-29-28-24-10-6-3-7-15-30(24)25/h2,4-5,8-9,11-14,18H,3,6-7,10,15,17H2,1H3. The summed E-state index contributed by atoms with van der Waals surface area (Å²) in [7, 11) is 1.67. The molecule has 7 heteroatoms. The van der Waals surface area contributed by atoms with Crippen LogP contribution in [0.1, 0.15) is 42.0 Å². The van der Waals surface area contributed by atoms with Gasteiger partial charge in [-0.15, -0.1) is 10.2 Å². The van der Waals surface area contributed by atoms with Crippen molar-refractivity contribution in [1.29, 1.82) is 5.26 Å². The Kier molecular flexibility index (Phi) is 6.18. The molecule has 33 heavy (non-hydrogen) atoms. The van der Waals surface area contributed by atoms with Gasteiger partial charge in [-0.1, -0.05) is 48.5 Å². The highest BCUT2D eigenvalue weighted by Crippen LogP contribution is 2.44. The van der Waals surface area contributed by atoms with E-state index < -0.39 is 0 Å². The number of rotatable bonds is 5. The van der Waals surface area contributed by atoms with Crippen molar-refractivity contribution in [1.82, 2.24) is 19.7 Å². The maximum Gasteiger partial charge on any atom is 0.177 e. The molecule has 2 aromatic carbocycles. The Bertz CT molecular complexity index is 1240. The normalized spacial score (nSPS) is 17.1. The monoisotopic (exact) mass is 455 g/mol. The lowest BCUT2D eigenvalue weighted by Gasteiger charge is -2.25. The molecule has 0 amide bonds. The summed E-state index contributed by atoms with van der Waals surface area (Å²) < 4.78 is 7.48. The number of thioether (sulfide) groups is 1. The van der Waals surface area contributed by atoms with Gasteiger partial charge in [-0.2, -0.15) is 5.26 Å². The van der Waals surface area contributed by atoms with Crippen LogP contribution in [-0.4, -0.2) is 26.8 Å². The third kappa shape index (κ3) is 4.27. The molecule has 0 saturated carbocycles. The number of hydrogen-bond donors (Lipinski definition) is 0. The van der Waals surface area contributed by atoms with E-state index in [-0.39, 0.29) is 0 Å². The van der Waals surface area contributed by atoms with E-state index in [2.05, 4.69) is 55.4 Å². The van der Waals surface area contributed by atoms with E-state index in [0.29, 0.717) is 17.9 Å². The number of nitriles is 1. The van der Waals surface area contributed by atoms with Crippen molar-refractivity contribution in [2.75, 3.05) is 7.11 Å². The molecule has 5 rings (SSSR count). The average molecular weight is 456 g/mol. The van der Waals surface area contributed by atoms with Crippen LogP contribution in [-0.2, 0) is 19.5 Å². The van der Waals surface area contributed by atoms with Gasteiger partial charge in [0.1, 0.15) is 28.2 Å². The molecule has 0 aliphatic carbocycles. The number of methoxy groups -OCH3 is 1. The summed E-state index contributed by atoms with van der Waals surface area (Å²) in [6.45, 7) is 1.52. The molecule has 0 N–H and O–H groups in total. The average Bonchev–Trinajstić information content (AvgIpc) is 3.37. The zero-order chi connectivity index (χ0) is 22.6. The first-order valence-electron chi connectivity index (χ1n) is 11.2. The minimum atomic E-state index is 0.580. The Labute approximate surface area is 198 Å². The molecule has 0 saturated heterocycles. The van der Waals surface area contributed by atoms with E-state index in [4.69, 9.17) is 4.74 Å². The Morgan fingerprint density at radius 1 is 1.06 bits per heavy atom. The molecule has 0 spiro atoms. The minimum absolute atomic E-state index is 0.580. The van der Waals surface area contributed by atoms with Crippen molar-refractivity contribution in [3.05, 3.63) is 87.8 Å². The highest BCUT2D eigenvalue weighted by atomic mass is 32.2. The number of aryl methyl sites for hydroxylation is 1. The zero-order valence-electron chi connectivity index (χ0n) is 18.6. The van der Waals surface area contributed by atoms with Crippen LogP contribution in [0.25, 0.3) is 11.3 Å². The number of hydrogen-bond acceptors (Lipinski definition) is 6. The lowest BCUT2D eigenvalue weighted by atomic mass is 10.1. The summed E-state index contributed by atoms with van der Waals surface area (Å²) in [6.07, 6.45) is 4.30. The Hall–Kier alpha value is -3.50. The first-order valence-corrected chi connectivity index (χ1v) is 12.1. The van der Waals surface area contributed by atoms with E-state index in [1.54, 1.807) is 18.9 Å². The van der Waals surface area contributed by atoms with Gasteiger partial charge in [0.2, 0.25) is 0 Å². The molecule has 2 aliphatic rings. The van der Waals surface area contributed by atoms with Gasteiger partial charge in [0.05, 0.1) is 12.8 Å². The van der Waals surface area contributed by atoms with Gasteiger partial charge in [-0.05, 0) is 48.2 Å². The molecule has 6 nitrogen and oxygen atoms in total. The third-order valence-corrected chi connectivity index (χ3v) is 7.04. The van der Waals surface area contributed by atoms with Crippen LogP contribution in [0.2, 0.25) is 0 Å². The fraction of sp³-hybridized carbons (Fsp3) is 0.269. The second-order valence-electron chi connectivity index (χ2n) is 8.12. The number of allylic oxidation sites excluding steroid dienone is 1. The van der Waals surface area contributed by atoms with Crippen LogP contribution in [0.3, 0.4) is 0 Å². The summed E-state index contributed by atoms with van der Waals surface area (Å²) in [5, 5.41) is 22.2. The van der Waals surface area contributed by atoms with Crippen LogP contribution in [0.15, 0.2) is 65.0 Å². The summed E-state index contributed by atoms with van der Waals surface area (Å²) in [4.78, 5) is 2.22. The highest BCUT2D eigenvalue weighted by Gasteiger charge is 2.29. The fourth-order valence-electron chi connectivity index (χ4n) is 4.31. The molecule has 0 atom stereocenters. The molecule has 0 fully saturated rings. The molecule has 3 heterocycles. The summed E-state index contributed by atoms with van der Waals surface area (Å²) in [5.74, 6) is 2.48. The first kappa shape index (κ1) is 21.4. The predicted octanol–water partition coefficient (Wildman–Crippen LogP) is 5.45. The van der Waals surface area contributed by atoms with Gasteiger partial charge in [0.25, 0.3) is 0 Å².